The number of nitrogens with one attached hydrogen (secondary N) is 2. The van der Waals surface area contributed by atoms with Gasteiger partial charge in [-0.3, -0.25) is 0 Å². The van der Waals surface area contributed by atoms with Crippen molar-refractivity contribution >= 4 is 6.03 Å². The Morgan fingerprint density at radius 3 is 2.29 bits per heavy atom. The summed E-state index contributed by atoms with van der Waals surface area (Å²) in [7, 11) is 0. The molecule has 0 spiro atoms. The van der Waals surface area contributed by atoms with Crippen LogP contribution in [0, 0.1) is 17.8 Å². The molecule has 4 unspecified atom stereocenters. The molecule has 2 saturated carbocycles. The van der Waals surface area contributed by atoms with Crippen molar-refractivity contribution in [3.05, 3.63) is 35.4 Å². The van der Waals surface area contributed by atoms with Gasteiger partial charge in [0, 0.05) is 12.6 Å². The quantitative estimate of drug-likeness (QED) is 0.799. The van der Waals surface area contributed by atoms with E-state index in [2.05, 4.69) is 34.9 Å². The molecule has 4 heteroatoms. The van der Waals surface area contributed by atoms with E-state index in [0.717, 1.165) is 32.1 Å². The van der Waals surface area contributed by atoms with E-state index in [-0.39, 0.29) is 12.1 Å². The molecule has 4 nitrogen and oxygen atoms in total. The average Bonchev–Trinajstić information content (AvgIpc) is 3.09. The van der Waals surface area contributed by atoms with Gasteiger partial charge in [-0.25, -0.2) is 4.79 Å². The molecular weight excluding hydrogens is 300 g/mol. The Hall–Kier alpha value is -1.55. The Balaban J connectivity index is 1.34. The third-order valence-corrected chi connectivity index (χ3v) is 6.37. The molecule has 2 amide bonds. The van der Waals surface area contributed by atoms with Crippen LogP contribution >= 0.6 is 0 Å². The van der Waals surface area contributed by atoms with Gasteiger partial charge in [0.15, 0.2) is 0 Å². The molecule has 2 fully saturated rings. The van der Waals surface area contributed by atoms with Crippen LogP contribution in [0.2, 0.25) is 0 Å². The number of aliphatic hydroxyl groups is 1. The highest BCUT2D eigenvalue weighted by Crippen LogP contribution is 2.40. The first-order chi connectivity index (χ1) is 11.7. The monoisotopic (exact) mass is 328 g/mol. The normalized spacial score (nSPS) is 34.5. The summed E-state index contributed by atoms with van der Waals surface area (Å²) in [6.07, 6.45) is 7.17. The first-order valence-electron chi connectivity index (χ1n) is 9.48. The fraction of sp³-hybridized carbons (Fsp3) is 0.650. The summed E-state index contributed by atoms with van der Waals surface area (Å²) in [6.45, 7) is 0.686. The van der Waals surface area contributed by atoms with E-state index in [0.29, 0.717) is 30.3 Å². The van der Waals surface area contributed by atoms with E-state index in [4.69, 9.17) is 0 Å². The average molecular weight is 328 g/mol. The largest absolute Gasteiger partial charge is 0.393 e. The Bertz CT molecular complexity index is 570. The topological polar surface area (TPSA) is 61.4 Å². The zero-order chi connectivity index (χ0) is 16.5. The third-order valence-electron chi connectivity index (χ3n) is 6.37. The van der Waals surface area contributed by atoms with Crippen LogP contribution in [-0.2, 0) is 12.8 Å². The lowest BCUT2D eigenvalue weighted by molar-refractivity contribution is 0.177. The molecule has 0 radical (unpaired) electrons. The molecule has 24 heavy (non-hydrogen) atoms. The number of aliphatic hydroxyl groups excluding tert-OH is 1. The van der Waals surface area contributed by atoms with Crippen molar-refractivity contribution in [3.8, 4) is 0 Å². The second kappa shape index (κ2) is 6.75. The van der Waals surface area contributed by atoms with Gasteiger partial charge < -0.3 is 15.7 Å². The Labute approximate surface area is 144 Å². The van der Waals surface area contributed by atoms with E-state index in [1.165, 1.54) is 24.0 Å². The first-order valence-corrected chi connectivity index (χ1v) is 9.48. The van der Waals surface area contributed by atoms with Crippen LogP contribution < -0.4 is 10.6 Å². The fourth-order valence-electron chi connectivity index (χ4n) is 5.06. The van der Waals surface area contributed by atoms with Crippen molar-refractivity contribution in [3.63, 3.8) is 0 Å². The maximum Gasteiger partial charge on any atom is 0.315 e. The second-order valence-electron chi connectivity index (χ2n) is 7.99. The van der Waals surface area contributed by atoms with Crippen LogP contribution in [0.25, 0.3) is 0 Å². The number of amides is 2. The summed E-state index contributed by atoms with van der Waals surface area (Å²) in [5.41, 5.74) is 2.94. The van der Waals surface area contributed by atoms with E-state index in [1.807, 2.05) is 0 Å². The summed E-state index contributed by atoms with van der Waals surface area (Å²) in [6, 6.07) is 9.03. The lowest BCUT2D eigenvalue weighted by atomic mass is 9.94. The van der Waals surface area contributed by atoms with Crippen molar-refractivity contribution < 1.29 is 9.90 Å². The Morgan fingerprint density at radius 2 is 1.71 bits per heavy atom. The van der Waals surface area contributed by atoms with Gasteiger partial charge >= 0.3 is 6.03 Å². The molecular formula is C20H28N2O2. The summed E-state index contributed by atoms with van der Waals surface area (Å²) in [5.74, 6) is 1.57. The smallest absolute Gasteiger partial charge is 0.315 e. The molecule has 3 N–H and O–H groups in total. The Morgan fingerprint density at radius 1 is 1.04 bits per heavy atom. The van der Waals surface area contributed by atoms with E-state index in [9.17, 15) is 9.90 Å². The molecule has 3 aliphatic rings. The van der Waals surface area contributed by atoms with E-state index < -0.39 is 0 Å². The molecule has 1 aromatic rings. The molecule has 1 aromatic carbocycles. The van der Waals surface area contributed by atoms with Crippen LogP contribution in [0.4, 0.5) is 4.79 Å². The van der Waals surface area contributed by atoms with Crippen molar-refractivity contribution in [2.24, 2.45) is 17.8 Å². The zero-order valence-electron chi connectivity index (χ0n) is 14.2. The van der Waals surface area contributed by atoms with Gasteiger partial charge in [-0.1, -0.05) is 24.3 Å². The minimum Gasteiger partial charge on any atom is -0.393 e. The minimum absolute atomic E-state index is 0.0238. The van der Waals surface area contributed by atoms with Gasteiger partial charge in [0.2, 0.25) is 0 Å². The molecule has 4 atom stereocenters. The van der Waals surface area contributed by atoms with Crippen LogP contribution in [0.5, 0.6) is 0 Å². The number of fused-ring (bicyclic) bond motifs is 3. The number of benzene rings is 1. The summed E-state index contributed by atoms with van der Waals surface area (Å²) in [4.78, 5) is 12.4. The highest BCUT2D eigenvalue weighted by Gasteiger charge is 2.39. The fourth-order valence-corrected chi connectivity index (χ4v) is 5.06. The van der Waals surface area contributed by atoms with Crippen LogP contribution in [0.1, 0.15) is 43.2 Å². The first kappa shape index (κ1) is 15.9. The predicted octanol–water partition coefficient (Wildman–Crippen LogP) is 2.64. The van der Waals surface area contributed by atoms with Crippen molar-refractivity contribution in [1.82, 2.24) is 10.6 Å². The van der Waals surface area contributed by atoms with Gasteiger partial charge in [-0.15, -0.1) is 0 Å². The molecule has 130 valence electrons. The number of carbonyl (C=O) groups excluding carboxylic acids is 1. The standard InChI is InChI=1S/C20H28N2O2/c23-18-8-5-13(9-18)12-21-20(24)22-19-16-6-7-17(19)11-15-4-2-1-3-14(15)10-16/h1-4,13,16-19,23H,5-12H2,(H2,21,22,24). The number of urea groups is 1. The lowest BCUT2D eigenvalue weighted by Gasteiger charge is -2.24. The van der Waals surface area contributed by atoms with E-state index in [1.54, 1.807) is 0 Å². The highest BCUT2D eigenvalue weighted by atomic mass is 16.3. The van der Waals surface area contributed by atoms with Gasteiger partial charge in [-0.2, -0.15) is 0 Å². The Kier molecular flexibility index (Phi) is 4.49. The number of carbonyl (C=O) groups is 1. The van der Waals surface area contributed by atoms with Gasteiger partial charge in [0.25, 0.3) is 0 Å². The van der Waals surface area contributed by atoms with Crippen molar-refractivity contribution in [1.29, 1.82) is 0 Å². The second-order valence-corrected chi connectivity index (χ2v) is 7.99. The number of rotatable bonds is 3. The molecule has 0 aromatic heterocycles. The van der Waals surface area contributed by atoms with Crippen LogP contribution in [0.15, 0.2) is 24.3 Å². The highest BCUT2D eigenvalue weighted by molar-refractivity contribution is 5.74. The molecule has 0 saturated heterocycles. The lowest BCUT2D eigenvalue weighted by Crippen LogP contribution is -2.47. The predicted molar refractivity (Wildman–Crippen MR) is 93.7 cm³/mol. The van der Waals surface area contributed by atoms with Crippen LogP contribution in [0.3, 0.4) is 0 Å². The molecule has 0 heterocycles. The van der Waals surface area contributed by atoms with Gasteiger partial charge in [-0.05, 0) is 73.8 Å². The maximum atomic E-state index is 12.4. The number of hydrogen-bond donors (Lipinski definition) is 3. The van der Waals surface area contributed by atoms with Crippen molar-refractivity contribution in [2.75, 3.05) is 6.54 Å². The van der Waals surface area contributed by atoms with Gasteiger partial charge in [0.1, 0.15) is 0 Å². The third kappa shape index (κ3) is 3.30. The summed E-state index contributed by atoms with van der Waals surface area (Å²) < 4.78 is 0. The number of hydrogen-bond acceptors (Lipinski definition) is 2. The molecule has 2 bridgehead atoms. The SMILES string of the molecule is O=C(NCC1CCC(O)C1)NC1C2CCC1Cc1ccccc1C2. The van der Waals surface area contributed by atoms with Crippen molar-refractivity contribution in [2.45, 2.75) is 57.1 Å². The van der Waals surface area contributed by atoms with E-state index >= 15 is 0 Å². The summed E-state index contributed by atoms with van der Waals surface area (Å²) >= 11 is 0. The molecule has 3 aliphatic carbocycles. The molecule has 0 aliphatic heterocycles. The zero-order valence-corrected chi connectivity index (χ0v) is 14.2. The van der Waals surface area contributed by atoms with Gasteiger partial charge in [0.05, 0.1) is 6.10 Å². The molecule has 4 rings (SSSR count). The minimum atomic E-state index is -0.170. The summed E-state index contributed by atoms with van der Waals surface area (Å²) in [5, 5.41) is 15.9. The maximum absolute atomic E-state index is 12.4. The van der Waals surface area contributed by atoms with Crippen LogP contribution in [-0.4, -0.2) is 29.8 Å².